The maximum atomic E-state index is 13.0. The quantitative estimate of drug-likeness (QED) is 0.242. The van der Waals surface area contributed by atoms with Crippen LogP contribution in [0.25, 0.3) is 6.08 Å². The van der Waals surface area contributed by atoms with Gasteiger partial charge in [-0.2, -0.15) is 8.42 Å². The Balaban J connectivity index is 1.60. The summed E-state index contributed by atoms with van der Waals surface area (Å²) in [7, 11) is -2.62. The molecule has 0 atom stereocenters. The van der Waals surface area contributed by atoms with E-state index in [0.717, 1.165) is 11.8 Å². The third-order valence-corrected chi connectivity index (χ3v) is 7.36. The topological polar surface area (TPSA) is 72.9 Å². The van der Waals surface area contributed by atoms with E-state index in [9.17, 15) is 13.2 Å². The Bertz CT molecular complexity index is 1370. The van der Waals surface area contributed by atoms with Crippen LogP contribution in [0.1, 0.15) is 5.56 Å². The first kappa shape index (κ1) is 23.3. The molecule has 0 bridgehead atoms. The van der Waals surface area contributed by atoms with E-state index in [2.05, 4.69) is 0 Å². The number of carbonyl (C=O) groups excluding carboxylic acids is 1. The van der Waals surface area contributed by atoms with Gasteiger partial charge in [0.05, 0.1) is 17.7 Å². The molecule has 0 saturated carbocycles. The van der Waals surface area contributed by atoms with Crippen LogP contribution in [0.4, 0.5) is 5.69 Å². The molecular formula is C23H16ClNO5S3. The van der Waals surface area contributed by atoms with Crippen LogP contribution in [0.15, 0.2) is 82.6 Å². The standard InChI is InChI=1S/C23H16ClNO5S3/c1-29-20-12-15(10-11-19(20)30-33(27,28)18-8-3-2-4-9-18)13-21-22(26)25(23(31)32-21)17-7-5-6-16(24)14-17/h2-14H,1H3/b21-13+. The molecule has 4 rings (SSSR count). The zero-order valence-electron chi connectivity index (χ0n) is 17.1. The number of nitrogens with zero attached hydrogens (tertiary/aromatic N) is 1. The molecule has 0 N–H and O–H groups in total. The van der Waals surface area contributed by atoms with Gasteiger partial charge in [-0.25, -0.2) is 0 Å². The van der Waals surface area contributed by atoms with E-state index in [1.54, 1.807) is 60.7 Å². The van der Waals surface area contributed by atoms with Gasteiger partial charge < -0.3 is 8.92 Å². The minimum Gasteiger partial charge on any atom is -0.493 e. The average molecular weight is 518 g/mol. The second kappa shape index (κ2) is 9.56. The number of anilines is 1. The normalized spacial score (nSPS) is 15.2. The smallest absolute Gasteiger partial charge is 0.339 e. The Morgan fingerprint density at radius 1 is 1.00 bits per heavy atom. The Kier molecular flexibility index (Phi) is 6.76. The Morgan fingerprint density at radius 3 is 2.45 bits per heavy atom. The van der Waals surface area contributed by atoms with Crippen molar-refractivity contribution >= 4 is 67.7 Å². The number of halogens is 1. The summed E-state index contributed by atoms with van der Waals surface area (Å²) >= 11 is 12.6. The second-order valence-corrected chi connectivity index (χ2v) is 10.4. The Morgan fingerprint density at radius 2 is 1.76 bits per heavy atom. The highest BCUT2D eigenvalue weighted by molar-refractivity contribution is 8.27. The number of thioether (sulfide) groups is 1. The van der Waals surface area contributed by atoms with E-state index in [0.29, 0.717) is 25.5 Å². The van der Waals surface area contributed by atoms with E-state index < -0.39 is 10.1 Å². The molecule has 0 spiro atoms. The van der Waals surface area contributed by atoms with Gasteiger partial charge in [-0.3, -0.25) is 9.69 Å². The van der Waals surface area contributed by atoms with Gasteiger partial charge in [-0.1, -0.05) is 65.9 Å². The molecule has 3 aromatic carbocycles. The number of methoxy groups -OCH3 is 1. The molecule has 1 fully saturated rings. The molecule has 33 heavy (non-hydrogen) atoms. The molecule has 1 aliphatic rings. The van der Waals surface area contributed by atoms with Crippen LogP contribution in [-0.2, 0) is 14.9 Å². The van der Waals surface area contributed by atoms with Gasteiger partial charge in [0.1, 0.15) is 4.90 Å². The summed E-state index contributed by atoms with van der Waals surface area (Å²) in [5, 5.41) is 0.497. The first-order valence-electron chi connectivity index (χ1n) is 9.49. The van der Waals surface area contributed by atoms with E-state index in [-0.39, 0.29) is 22.3 Å². The zero-order valence-corrected chi connectivity index (χ0v) is 20.3. The first-order valence-corrected chi connectivity index (χ1v) is 12.5. The van der Waals surface area contributed by atoms with Crippen molar-refractivity contribution in [3.63, 3.8) is 0 Å². The zero-order chi connectivity index (χ0) is 23.6. The lowest BCUT2D eigenvalue weighted by atomic mass is 10.2. The third-order valence-electron chi connectivity index (χ3n) is 4.58. The molecule has 1 saturated heterocycles. The third kappa shape index (κ3) is 5.06. The Labute approximate surface area is 205 Å². The molecule has 1 aliphatic heterocycles. The number of thiocarbonyl (C=S) groups is 1. The van der Waals surface area contributed by atoms with Crippen molar-refractivity contribution in [2.24, 2.45) is 0 Å². The summed E-state index contributed by atoms with van der Waals surface area (Å²) in [5.74, 6) is -0.0447. The van der Waals surface area contributed by atoms with Gasteiger partial charge in [-0.15, -0.1) is 0 Å². The predicted molar refractivity (Wildman–Crippen MR) is 134 cm³/mol. The monoisotopic (exact) mass is 517 g/mol. The van der Waals surface area contributed by atoms with Crippen LogP contribution < -0.4 is 13.8 Å². The highest BCUT2D eigenvalue weighted by atomic mass is 35.5. The van der Waals surface area contributed by atoms with E-state index in [1.807, 2.05) is 0 Å². The van der Waals surface area contributed by atoms with Gasteiger partial charge in [0.15, 0.2) is 15.8 Å². The van der Waals surface area contributed by atoms with Gasteiger partial charge >= 0.3 is 10.1 Å². The molecule has 0 aromatic heterocycles. The first-order chi connectivity index (χ1) is 15.8. The second-order valence-electron chi connectivity index (χ2n) is 6.76. The van der Waals surface area contributed by atoms with Crippen molar-refractivity contribution in [1.29, 1.82) is 0 Å². The summed E-state index contributed by atoms with van der Waals surface area (Å²) in [6.45, 7) is 0. The lowest BCUT2D eigenvalue weighted by molar-refractivity contribution is -0.113. The minimum atomic E-state index is -4.03. The fourth-order valence-corrected chi connectivity index (χ4v) is 5.50. The molecule has 0 radical (unpaired) electrons. The lowest BCUT2D eigenvalue weighted by Crippen LogP contribution is -2.27. The minimum absolute atomic E-state index is 0.0285. The van der Waals surface area contributed by atoms with Crippen LogP contribution in [0, 0.1) is 0 Å². The fourth-order valence-electron chi connectivity index (χ4n) is 3.05. The van der Waals surface area contributed by atoms with Crippen LogP contribution in [0.3, 0.4) is 0 Å². The highest BCUT2D eigenvalue weighted by Gasteiger charge is 2.33. The number of rotatable bonds is 6. The number of benzene rings is 3. The maximum Gasteiger partial charge on any atom is 0.339 e. The van der Waals surface area contributed by atoms with Gasteiger partial charge in [-0.05, 0) is 54.1 Å². The van der Waals surface area contributed by atoms with Crippen molar-refractivity contribution in [2.75, 3.05) is 12.0 Å². The summed E-state index contributed by atoms with van der Waals surface area (Å²) < 4.78 is 36.1. The number of ether oxygens (including phenoxy) is 1. The molecule has 0 aliphatic carbocycles. The number of hydrogen-bond acceptors (Lipinski definition) is 7. The number of carbonyl (C=O) groups is 1. The summed E-state index contributed by atoms with van der Waals surface area (Å²) in [6, 6.07) is 19.4. The largest absolute Gasteiger partial charge is 0.493 e. The summed E-state index contributed by atoms with van der Waals surface area (Å²) in [5.41, 5.74) is 1.20. The molecule has 168 valence electrons. The van der Waals surface area contributed by atoms with Crippen molar-refractivity contribution in [3.8, 4) is 11.5 Å². The molecule has 1 heterocycles. The van der Waals surface area contributed by atoms with E-state index >= 15 is 0 Å². The van der Waals surface area contributed by atoms with Crippen LogP contribution in [0.2, 0.25) is 5.02 Å². The van der Waals surface area contributed by atoms with Crippen LogP contribution in [0.5, 0.6) is 11.5 Å². The van der Waals surface area contributed by atoms with E-state index in [1.165, 1.54) is 30.2 Å². The number of amides is 1. The molecular weight excluding hydrogens is 502 g/mol. The average Bonchev–Trinajstić information content (AvgIpc) is 3.07. The fraction of sp³-hybridized carbons (Fsp3) is 0.0435. The SMILES string of the molecule is COc1cc(/C=C2/SC(=S)N(c3cccc(Cl)c3)C2=O)ccc1OS(=O)(=O)c1ccccc1. The molecule has 0 unspecified atom stereocenters. The predicted octanol–water partition coefficient (Wildman–Crippen LogP) is 5.52. The summed E-state index contributed by atoms with van der Waals surface area (Å²) in [6.07, 6.45) is 1.65. The van der Waals surface area contributed by atoms with Crippen molar-refractivity contribution in [3.05, 3.63) is 88.3 Å². The molecule has 10 heteroatoms. The summed E-state index contributed by atoms with van der Waals surface area (Å²) in [4.78, 5) is 14.8. The maximum absolute atomic E-state index is 13.0. The van der Waals surface area contributed by atoms with Crippen molar-refractivity contribution < 1.29 is 22.1 Å². The Hall–Kier alpha value is -2.85. The van der Waals surface area contributed by atoms with Crippen molar-refractivity contribution in [1.82, 2.24) is 0 Å². The lowest BCUT2D eigenvalue weighted by Gasteiger charge is -2.14. The number of hydrogen-bond donors (Lipinski definition) is 0. The molecule has 1 amide bonds. The molecule has 6 nitrogen and oxygen atoms in total. The van der Waals surface area contributed by atoms with Gasteiger partial charge in [0.25, 0.3) is 5.91 Å². The molecule has 3 aromatic rings. The highest BCUT2D eigenvalue weighted by Crippen LogP contribution is 2.38. The van der Waals surface area contributed by atoms with Gasteiger partial charge in [0, 0.05) is 5.02 Å². The van der Waals surface area contributed by atoms with Crippen LogP contribution in [-0.4, -0.2) is 25.8 Å². The van der Waals surface area contributed by atoms with Crippen LogP contribution >= 0.6 is 35.6 Å². The van der Waals surface area contributed by atoms with Crippen molar-refractivity contribution in [2.45, 2.75) is 4.90 Å². The van der Waals surface area contributed by atoms with Gasteiger partial charge in [0.2, 0.25) is 0 Å². The van der Waals surface area contributed by atoms with E-state index in [4.69, 9.17) is 32.7 Å².